The summed E-state index contributed by atoms with van der Waals surface area (Å²) in [6, 6.07) is 12.5. The lowest BCUT2D eigenvalue weighted by Crippen LogP contribution is -2.44. The molecule has 7 heteroatoms. The lowest BCUT2D eigenvalue weighted by molar-refractivity contribution is -0.123. The first-order chi connectivity index (χ1) is 10.6. The van der Waals surface area contributed by atoms with E-state index < -0.39 is 0 Å². The molecule has 2 aromatic rings. The Labute approximate surface area is 140 Å². The highest BCUT2D eigenvalue weighted by molar-refractivity contribution is 8.26. The summed E-state index contributed by atoms with van der Waals surface area (Å²) in [5.41, 5.74) is 3.02. The van der Waals surface area contributed by atoms with Crippen LogP contribution in [0.15, 0.2) is 52.7 Å². The third-order valence-electron chi connectivity index (χ3n) is 2.86. The zero-order chi connectivity index (χ0) is 15.5. The summed E-state index contributed by atoms with van der Waals surface area (Å²) >= 11 is 7.89. The second-order valence-corrected chi connectivity index (χ2v) is 6.99. The minimum atomic E-state index is -0.366. The second kappa shape index (κ2) is 6.43. The molecule has 22 heavy (non-hydrogen) atoms. The van der Waals surface area contributed by atoms with E-state index in [1.54, 1.807) is 30.3 Å². The van der Waals surface area contributed by atoms with Gasteiger partial charge in [0.2, 0.25) is 0 Å². The van der Waals surface area contributed by atoms with E-state index in [-0.39, 0.29) is 11.8 Å². The molecule has 3 rings (SSSR count). The Kier molecular flexibility index (Phi) is 4.37. The molecule has 1 aromatic heterocycles. The SMILES string of the molecule is O=C(NN1C(=O)C(=Cc2cccs2)SC1=S)c1ccccc1. The normalized spacial score (nSPS) is 16.4. The summed E-state index contributed by atoms with van der Waals surface area (Å²) in [4.78, 5) is 25.9. The van der Waals surface area contributed by atoms with Crippen molar-refractivity contribution in [3.05, 3.63) is 63.2 Å². The number of hydrogen-bond acceptors (Lipinski definition) is 5. The second-order valence-electron chi connectivity index (χ2n) is 4.34. The number of thiocarbonyl (C=S) groups is 1. The largest absolute Gasteiger partial charge is 0.285 e. The molecule has 0 radical (unpaired) electrons. The Morgan fingerprint density at radius 3 is 2.64 bits per heavy atom. The number of rotatable bonds is 3. The summed E-state index contributed by atoms with van der Waals surface area (Å²) in [5, 5.41) is 3.05. The Bertz CT molecular complexity index is 754. The van der Waals surface area contributed by atoms with E-state index in [0.717, 1.165) is 9.89 Å². The maximum absolute atomic E-state index is 12.3. The van der Waals surface area contributed by atoms with E-state index in [2.05, 4.69) is 5.43 Å². The van der Waals surface area contributed by atoms with E-state index in [1.807, 2.05) is 23.6 Å². The highest BCUT2D eigenvalue weighted by Gasteiger charge is 2.33. The van der Waals surface area contributed by atoms with Crippen LogP contribution >= 0.6 is 35.3 Å². The average Bonchev–Trinajstić information content (AvgIpc) is 3.12. The molecule has 0 atom stereocenters. The minimum absolute atomic E-state index is 0.312. The molecule has 1 saturated heterocycles. The van der Waals surface area contributed by atoms with Gasteiger partial charge in [-0.1, -0.05) is 36.0 Å². The Morgan fingerprint density at radius 2 is 1.95 bits per heavy atom. The van der Waals surface area contributed by atoms with Crippen molar-refractivity contribution in [1.29, 1.82) is 0 Å². The van der Waals surface area contributed by atoms with Gasteiger partial charge in [0, 0.05) is 10.4 Å². The minimum Gasteiger partial charge on any atom is -0.267 e. The molecule has 1 aliphatic heterocycles. The molecule has 2 heterocycles. The van der Waals surface area contributed by atoms with Crippen LogP contribution in [0.3, 0.4) is 0 Å². The molecule has 0 aliphatic carbocycles. The maximum atomic E-state index is 12.3. The van der Waals surface area contributed by atoms with Crippen LogP contribution in [0.25, 0.3) is 6.08 Å². The zero-order valence-corrected chi connectivity index (χ0v) is 13.6. The highest BCUT2D eigenvalue weighted by atomic mass is 32.2. The first kappa shape index (κ1) is 15.0. The summed E-state index contributed by atoms with van der Waals surface area (Å²) < 4.78 is 0.317. The first-order valence-electron chi connectivity index (χ1n) is 6.32. The lowest BCUT2D eigenvalue weighted by atomic mass is 10.2. The number of hydrogen-bond donors (Lipinski definition) is 1. The predicted molar refractivity (Wildman–Crippen MR) is 93.2 cm³/mol. The number of thiophene rings is 1. The van der Waals surface area contributed by atoms with E-state index in [9.17, 15) is 9.59 Å². The number of nitrogens with zero attached hydrogens (tertiary/aromatic N) is 1. The third kappa shape index (κ3) is 3.11. The molecule has 1 aromatic carbocycles. The fraction of sp³-hybridized carbons (Fsp3) is 0. The molecular formula is C15H10N2O2S3. The van der Waals surface area contributed by atoms with Crippen LogP contribution in [0, 0.1) is 0 Å². The van der Waals surface area contributed by atoms with Gasteiger partial charge in [0.05, 0.1) is 4.91 Å². The summed E-state index contributed by atoms with van der Waals surface area (Å²) in [6.07, 6.45) is 1.78. The van der Waals surface area contributed by atoms with Gasteiger partial charge in [-0.2, -0.15) is 5.01 Å². The van der Waals surface area contributed by atoms with Crippen molar-refractivity contribution in [2.75, 3.05) is 0 Å². The van der Waals surface area contributed by atoms with Gasteiger partial charge in [-0.05, 0) is 41.9 Å². The number of benzene rings is 1. The van der Waals surface area contributed by atoms with E-state index >= 15 is 0 Å². The first-order valence-corrected chi connectivity index (χ1v) is 8.43. The number of nitrogens with one attached hydrogen (secondary N) is 1. The van der Waals surface area contributed by atoms with Crippen LogP contribution < -0.4 is 5.43 Å². The van der Waals surface area contributed by atoms with Gasteiger partial charge in [0.15, 0.2) is 4.32 Å². The van der Waals surface area contributed by atoms with Gasteiger partial charge in [-0.25, -0.2) is 0 Å². The van der Waals surface area contributed by atoms with Crippen LogP contribution in [0.5, 0.6) is 0 Å². The molecular weight excluding hydrogens is 336 g/mol. The average molecular weight is 346 g/mol. The molecule has 0 saturated carbocycles. The highest BCUT2D eigenvalue weighted by Crippen LogP contribution is 2.32. The topological polar surface area (TPSA) is 49.4 Å². The van der Waals surface area contributed by atoms with Crippen LogP contribution in [-0.2, 0) is 4.79 Å². The van der Waals surface area contributed by atoms with Crippen molar-refractivity contribution >= 4 is 57.5 Å². The number of amides is 2. The fourth-order valence-corrected chi connectivity index (χ4v) is 3.72. The number of carbonyl (C=O) groups excluding carboxylic acids is 2. The van der Waals surface area contributed by atoms with Gasteiger partial charge >= 0.3 is 0 Å². The monoisotopic (exact) mass is 346 g/mol. The molecule has 1 N–H and O–H groups in total. The predicted octanol–water partition coefficient (Wildman–Crippen LogP) is 3.29. The molecule has 2 amide bonds. The van der Waals surface area contributed by atoms with Crippen LogP contribution in [0.4, 0.5) is 0 Å². The maximum Gasteiger partial charge on any atom is 0.285 e. The molecule has 1 aliphatic rings. The molecule has 1 fully saturated rings. The molecule has 0 bridgehead atoms. The van der Waals surface area contributed by atoms with Gasteiger partial charge in [0.25, 0.3) is 11.8 Å². The fourth-order valence-electron chi connectivity index (χ4n) is 1.82. The lowest BCUT2D eigenvalue weighted by Gasteiger charge is -2.15. The van der Waals surface area contributed by atoms with Crippen LogP contribution in [-0.4, -0.2) is 21.1 Å². The third-order valence-corrected chi connectivity index (χ3v) is 4.98. The van der Waals surface area contributed by atoms with Gasteiger partial charge in [-0.3, -0.25) is 15.0 Å². The number of carbonyl (C=O) groups is 2. The standard InChI is InChI=1S/C15H10N2O2S3/c18-13(10-5-2-1-3-6-10)16-17-14(19)12(22-15(17)20)9-11-7-4-8-21-11/h1-9H,(H,16,18). The van der Waals surface area contributed by atoms with Crippen molar-refractivity contribution in [2.24, 2.45) is 0 Å². The summed E-state index contributed by atoms with van der Waals surface area (Å²) in [6.45, 7) is 0. The number of thioether (sulfide) groups is 1. The zero-order valence-electron chi connectivity index (χ0n) is 11.2. The van der Waals surface area contributed by atoms with E-state index in [1.165, 1.54) is 23.1 Å². The smallest absolute Gasteiger partial charge is 0.267 e. The van der Waals surface area contributed by atoms with Crippen molar-refractivity contribution in [3.63, 3.8) is 0 Å². The van der Waals surface area contributed by atoms with Crippen LogP contribution in [0.1, 0.15) is 15.2 Å². The van der Waals surface area contributed by atoms with E-state index in [4.69, 9.17) is 12.2 Å². The quantitative estimate of drug-likeness (QED) is 0.684. The van der Waals surface area contributed by atoms with Gasteiger partial charge < -0.3 is 0 Å². The van der Waals surface area contributed by atoms with Gasteiger partial charge in [-0.15, -0.1) is 11.3 Å². The van der Waals surface area contributed by atoms with Crippen molar-refractivity contribution in [3.8, 4) is 0 Å². The molecule has 110 valence electrons. The number of hydrazine groups is 1. The summed E-state index contributed by atoms with van der Waals surface area (Å²) in [5.74, 6) is -0.679. The van der Waals surface area contributed by atoms with Crippen molar-refractivity contribution in [1.82, 2.24) is 10.4 Å². The van der Waals surface area contributed by atoms with E-state index in [0.29, 0.717) is 14.8 Å². The molecule has 0 unspecified atom stereocenters. The summed E-state index contributed by atoms with van der Waals surface area (Å²) in [7, 11) is 0. The Balaban J connectivity index is 1.76. The molecule has 4 nitrogen and oxygen atoms in total. The van der Waals surface area contributed by atoms with Crippen LogP contribution in [0.2, 0.25) is 0 Å². The Hall–Kier alpha value is -1.96. The molecule has 0 spiro atoms. The van der Waals surface area contributed by atoms with Crippen molar-refractivity contribution < 1.29 is 9.59 Å². The Morgan fingerprint density at radius 1 is 1.18 bits per heavy atom. The van der Waals surface area contributed by atoms with Crippen molar-refractivity contribution in [2.45, 2.75) is 0 Å². The van der Waals surface area contributed by atoms with Gasteiger partial charge in [0.1, 0.15) is 0 Å².